The molecule has 1 aromatic carbocycles. The minimum Gasteiger partial charge on any atom is -0.459 e. The number of hydrogen-bond acceptors (Lipinski definition) is 4. The van der Waals surface area contributed by atoms with Gasteiger partial charge < -0.3 is 19.8 Å². The fourth-order valence-electron chi connectivity index (χ4n) is 3.53. The molecule has 0 amide bonds. The van der Waals surface area contributed by atoms with Gasteiger partial charge in [-0.3, -0.25) is 9.89 Å². The summed E-state index contributed by atoms with van der Waals surface area (Å²) in [5.74, 6) is 1.74. The summed E-state index contributed by atoms with van der Waals surface area (Å²) in [5, 5.41) is 7.95. The van der Waals surface area contributed by atoms with Crippen molar-refractivity contribution in [3.05, 3.63) is 35.6 Å². The van der Waals surface area contributed by atoms with Gasteiger partial charge in [0.05, 0.1) is 19.8 Å². The smallest absolute Gasteiger partial charge is 0.191 e. The second kappa shape index (κ2) is 8.56. The molecule has 2 unspecified atom stereocenters. The number of ether oxygens (including phenoxy) is 1. The first kappa shape index (κ1) is 18.7. The van der Waals surface area contributed by atoms with E-state index in [0.717, 1.165) is 43.6 Å². The van der Waals surface area contributed by atoms with E-state index in [4.69, 9.17) is 9.15 Å². The third-order valence-corrected chi connectivity index (χ3v) is 5.13. The molecule has 3 rings (SSSR count). The van der Waals surface area contributed by atoms with Crippen molar-refractivity contribution in [1.82, 2.24) is 15.5 Å². The number of fused-ring (bicyclic) bond motifs is 1. The van der Waals surface area contributed by atoms with Gasteiger partial charge in [-0.15, -0.1) is 0 Å². The van der Waals surface area contributed by atoms with Crippen LogP contribution in [-0.2, 0) is 11.3 Å². The van der Waals surface area contributed by atoms with Crippen molar-refractivity contribution in [2.24, 2.45) is 4.99 Å². The number of guanidine groups is 1. The molecule has 0 bridgehead atoms. The van der Waals surface area contributed by atoms with Crippen LogP contribution in [0.15, 0.2) is 33.7 Å². The van der Waals surface area contributed by atoms with Crippen LogP contribution in [0.4, 0.5) is 0 Å². The van der Waals surface area contributed by atoms with E-state index in [1.54, 1.807) is 7.05 Å². The zero-order valence-corrected chi connectivity index (χ0v) is 16.2. The van der Waals surface area contributed by atoms with Gasteiger partial charge in [0, 0.05) is 43.2 Å². The molecule has 2 N–H and O–H groups in total. The number of nitrogens with one attached hydrogen (secondary N) is 2. The van der Waals surface area contributed by atoms with Crippen molar-refractivity contribution in [2.45, 2.75) is 39.4 Å². The van der Waals surface area contributed by atoms with Crippen molar-refractivity contribution in [2.75, 3.05) is 33.4 Å². The minimum absolute atomic E-state index is 0.417. The highest BCUT2D eigenvalue weighted by molar-refractivity contribution is 5.82. The lowest BCUT2D eigenvalue weighted by Crippen LogP contribution is -2.52. The summed E-state index contributed by atoms with van der Waals surface area (Å²) in [6, 6.07) is 9.00. The molecular weight excluding hydrogens is 328 g/mol. The molecular formula is C20H30N4O2. The van der Waals surface area contributed by atoms with E-state index in [0.29, 0.717) is 18.6 Å². The summed E-state index contributed by atoms with van der Waals surface area (Å²) in [7, 11) is 1.79. The highest BCUT2D eigenvalue weighted by Crippen LogP contribution is 2.24. The number of hydrogen-bond donors (Lipinski definition) is 2. The Hall–Kier alpha value is -2.05. The molecule has 0 spiro atoms. The number of furan rings is 1. The van der Waals surface area contributed by atoms with Crippen LogP contribution in [0.25, 0.3) is 11.0 Å². The summed E-state index contributed by atoms with van der Waals surface area (Å²) in [6.07, 6.45) is 0. The van der Waals surface area contributed by atoms with Gasteiger partial charge in [-0.2, -0.15) is 0 Å². The maximum Gasteiger partial charge on any atom is 0.191 e. The molecule has 0 aliphatic carbocycles. The van der Waals surface area contributed by atoms with E-state index in [9.17, 15) is 0 Å². The molecule has 2 heterocycles. The molecule has 2 aromatic rings. The number of rotatable bonds is 5. The standard InChI is InChI=1S/C20H30N4O2/c1-14(24-9-10-25-13-15(24)2)11-22-20(21-4)23-12-19-16(3)17-7-5-6-8-18(17)26-19/h5-8,14-15H,9-13H2,1-4H3,(H2,21,22,23). The van der Waals surface area contributed by atoms with E-state index in [1.165, 1.54) is 10.9 Å². The third-order valence-electron chi connectivity index (χ3n) is 5.13. The topological polar surface area (TPSA) is 62.0 Å². The average molecular weight is 358 g/mol. The number of para-hydroxylation sites is 1. The second-order valence-electron chi connectivity index (χ2n) is 6.96. The summed E-state index contributed by atoms with van der Waals surface area (Å²) in [5.41, 5.74) is 2.11. The summed E-state index contributed by atoms with van der Waals surface area (Å²) in [6.45, 7) is 10.6. The Labute approximate surface area is 155 Å². The van der Waals surface area contributed by atoms with Crippen molar-refractivity contribution < 1.29 is 9.15 Å². The Balaban J connectivity index is 1.53. The Kier molecular flexibility index (Phi) is 6.16. The van der Waals surface area contributed by atoms with Crippen LogP contribution >= 0.6 is 0 Å². The zero-order chi connectivity index (χ0) is 18.5. The first-order valence-corrected chi connectivity index (χ1v) is 9.35. The van der Waals surface area contributed by atoms with Crippen LogP contribution < -0.4 is 10.6 Å². The number of aliphatic imine (C=N–C) groups is 1. The number of morpholine rings is 1. The van der Waals surface area contributed by atoms with E-state index in [-0.39, 0.29) is 0 Å². The molecule has 6 heteroatoms. The molecule has 142 valence electrons. The van der Waals surface area contributed by atoms with Crippen LogP contribution in [0.2, 0.25) is 0 Å². The maximum atomic E-state index is 5.96. The molecule has 1 aliphatic rings. The largest absolute Gasteiger partial charge is 0.459 e. The van der Waals surface area contributed by atoms with Crippen LogP contribution in [-0.4, -0.2) is 56.3 Å². The normalized spacial score (nSPS) is 20.3. The van der Waals surface area contributed by atoms with Crippen LogP contribution in [0.3, 0.4) is 0 Å². The molecule has 6 nitrogen and oxygen atoms in total. The summed E-state index contributed by atoms with van der Waals surface area (Å²) < 4.78 is 11.5. The Morgan fingerprint density at radius 3 is 2.88 bits per heavy atom. The molecule has 1 aromatic heterocycles. The zero-order valence-electron chi connectivity index (χ0n) is 16.2. The van der Waals surface area contributed by atoms with Crippen molar-refractivity contribution >= 4 is 16.9 Å². The van der Waals surface area contributed by atoms with Gasteiger partial charge in [0.2, 0.25) is 0 Å². The third kappa shape index (κ3) is 4.19. The number of nitrogens with zero attached hydrogens (tertiary/aromatic N) is 2. The first-order valence-electron chi connectivity index (χ1n) is 9.35. The Morgan fingerprint density at radius 1 is 1.35 bits per heavy atom. The van der Waals surface area contributed by atoms with Gasteiger partial charge in [0.1, 0.15) is 11.3 Å². The van der Waals surface area contributed by atoms with Gasteiger partial charge >= 0.3 is 0 Å². The fourth-order valence-corrected chi connectivity index (χ4v) is 3.53. The van der Waals surface area contributed by atoms with E-state index >= 15 is 0 Å². The molecule has 1 aliphatic heterocycles. The van der Waals surface area contributed by atoms with Crippen molar-refractivity contribution in [3.63, 3.8) is 0 Å². The van der Waals surface area contributed by atoms with Crippen molar-refractivity contribution in [3.8, 4) is 0 Å². The summed E-state index contributed by atoms with van der Waals surface area (Å²) in [4.78, 5) is 6.81. The lowest BCUT2D eigenvalue weighted by Gasteiger charge is -2.38. The Bertz CT molecular complexity index is 755. The average Bonchev–Trinajstić information content (AvgIpc) is 2.98. The van der Waals surface area contributed by atoms with Crippen LogP contribution in [0.5, 0.6) is 0 Å². The molecule has 0 saturated carbocycles. The molecule has 0 radical (unpaired) electrons. The van der Waals surface area contributed by atoms with E-state index in [2.05, 4.69) is 47.4 Å². The predicted octanol–water partition coefficient (Wildman–Crippen LogP) is 2.52. The first-order chi connectivity index (χ1) is 12.6. The van der Waals surface area contributed by atoms with Gasteiger partial charge in [-0.25, -0.2) is 0 Å². The molecule has 2 atom stereocenters. The fraction of sp³-hybridized carbons (Fsp3) is 0.550. The predicted molar refractivity (Wildman–Crippen MR) is 106 cm³/mol. The Morgan fingerprint density at radius 2 is 2.15 bits per heavy atom. The lowest BCUT2D eigenvalue weighted by atomic mass is 10.1. The quantitative estimate of drug-likeness (QED) is 0.635. The monoisotopic (exact) mass is 358 g/mol. The molecule has 1 fully saturated rings. The number of benzene rings is 1. The highest BCUT2D eigenvalue weighted by Gasteiger charge is 2.23. The molecule has 26 heavy (non-hydrogen) atoms. The van der Waals surface area contributed by atoms with Crippen LogP contribution in [0.1, 0.15) is 25.2 Å². The minimum atomic E-state index is 0.417. The van der Waals surface area contributed by atoms with E-state index < -0.39 is 0 Å². The lowest BCUT2D eigenvalue weighted by molar-refractivity contribution is -0.0174. The van der Waals surface area contributed by atoms with Gasteiger partial charge in [-0.1, -0.05) is 18.2 Å². The number of aryl methyl sites for hydroxylation is 1. The maximum absolute atomic E-state index is 5.96. The highest BCUT2D eigenvalue weighted by atomic mass is 16.5. The SMILES string of the molecule is CN=C(NCc1oc2ccccc2c1C)NCC(C)N1CCOCC1C. The second-order valence-corrected chi connectivity index (χ2v) is 6.96. The summed E-state index contributed by atoms with van der Waals surface area (Å²) >= 11 is 0. The van der Waals surface area contributed by atoms with E-state index in [1.807, 2.05) is 18.2 Å². The van der Waals surface area contributed by atoms with Gasteiger partial charge in [0.15, 0.2) is 5.96 Å². The van der Waals surface area contributed by atoms with Gasteiger partial charge in [0.25, 0.3) is 0 Å². The van der Waals surface area contributed by atoms with Crippen LogP contribution in [0, 0.1) is 6.92 Å². The van der Waals surface area contributed by atoms with Gasteiger partial charge in [-0.05, 0) is 26.8 Å². The van der Waals surface area contributed by atoms with Crippen molar-refractivity contribution in [1.29, 1.82) is 0 Å². The molecule has 1 saturated heterocycles.